The number of carbonyl (C=O) groups is 3. The maximum atomic E-state index is 12.4. The molecule has 8 nitrogen and oxygen atoms in total. The van der Waals surface area contributed by atoms with Crippen molar-refractivity contribution in [3.8, 4) is 0 Å². The van der Waals surface area contributed by atoms with Gasteiger partial charge in [-0.25, -0.2) is 9.59 Å². The van der Waals surface area contributed by atoms with E-state index in [1.807, 2.05) is 9.80 Å². The lowest BCUT2D eigenvalue weighted by Gasteiger charge is -2.34. The van der Waals surface area contributed by atoms with Crippen LogP contribution in [-0.4, -0.2) is 59.0 Å². The Labute approximate surface area is 152 Å². The van der Waals surface area contributed by atoms with Gasteiger partial charge in [0.25, 0.3) is 0 Å². The summed E-state index contributed by atoms with van der Waals surface area (Å²) in [7, 11) is 0. The van der Waals surface area contributed by atoms with Crippen LogP contribution in [0.3, 0.4) is 0 Å². The highest BCUT2D eigenvalue weighted by Crippen LogP contribution is 2.21. The number of likely N-dealkylation sites (tertiary alicyclic amines) is 2. The van der Waals surface area contributed by atoms with Gasteiger partial charge in [-0.15, -0.1) is 0 Å². The van der Waals surface area contributed by atoms with Crippen molar-refractivity contribution in [3.05, 3.63) is 23.2 Å². The molecule has 0 atom stereocenters. The van der Waals surface area contributed by atoms with Crippen molar-refractivity contribution in [2.75, 3.05) is 26.2 Å². The molecule has 2 N–H and O–H groups in total. The summed E-state index contributed by atoms with van der Waals surface area (Å²) in [5.41, 5.74) is 0.114. The maximum absolute atomic E-state index is 12.4. The van der Waals surface area contributed by atoms with Gasteiger partial charge in [0, 0.05) is 32.1 Å². The van der Waals surface area contributed by atoms with E-state index in [0.29, 0.717) is 37.5 Å². The van der Waals surface area contributed by atoms with Crippen LogP contribution < -0.4 is 5.32 Å². The Balaban J connectivity index is 1.45. The van der Waals surface area contributed by atoms with E-state index in [2.05, 4.69) is 5.32 Å². The predicted molar refractivity (Wildman–Crippen MR) is 92.8 cm³/mol. The second-order valence-corrected chi connectivity index (χ2v) is 6.94. The van der Waals surface area contributed by atoms with Crippen molar-refractivity contribution < 1.29 is 23.9 Å². The van der Waals surface area contributed by atoms with E-state index in [-0.39, 0.29) is 30.0 Å². The van der Waals surface area contributed by atoms with Crippen LogP contribution in [0.4, 0.5) is 4.79 Å². The minimum atomic E-state index is -1.04. The maximum Gasteiger partial charge on any atom is 0.339 e. The highest BCUT2D eigenvalue weighted by Gasteiger charge is 2.30. The summed E-state index contributed by atoms with van der Waals surface area (Å²) < 4.78 is 5.37. The molecule has 142 valence electrons. The fraction of sp³-hybridized carbons (Fsp3) is 0.611. The Hall–Kier alpha value is -2.51. The second-order valence-electron chi connectivity index (χ2n) is 6.94. The van der Waals surface area contributed by atoms with E-state index in [9.17, 15) is 14.4 Å². The molecule has 3 rings (SSSR count). The Morgan fingerprint density at radius 3 is 2.35 bits per heavy atom. The Morgan fingerprint density at radius 1 is 1.15 bits per heavy atom. The topological polar surface area (TPSA) is 103 Å². The van der Waals surface area contributed by atoms with Crippen molar-refractivity contribution in [3.63, 3.8) is 0 Å². The number of aromatic carboxylic acids is 1. The van der Waals surface area contributed by atoms with Crippen molar-refractivity contribution >= 4 is 17.9 Å². The van der Waals surface area contributed by atoms with Gasteiger partial charge in [-0.1, -0.05) is 0 Å². The summed E-state index contributed by atoms with van der Waals surface area (Å²) >= 11 is 0. The van der Waals surface area contributed by atoms with E-state index in [1.54, 1.807) is 6.92 Å². The zero-order valence-electron chi connectivity index (χ0n) is 15.0. The number of carboxylic acids is 1. The average Bonchev–Trinajstić information content (AvgIpc) is 3.29. The van der Waals surface area contributed by atoms with E-state index >= 15 is 0 Å². The Morgan fingerprint density at radius 2 is 1.77 bits per heavy atom. The van der Waals surface area contributed by atoms with Gasteiger partial charge in [-0.05, 0) is 38.7 Å². The van der Waals surface area contributed by atoms with Crippen molar-refractivity contribution in [2.24, 2.45) is 5.92 Å². The molecule has 0 spiro atoms. The molecule has 2 aliphatic heterocycles. The summed E-state index contributed by atoms with van der Waals surface area (Å²) in [6.07, 6.45) is 3.42. The van der Waals surface area contributed by atoms with Crippen LogP contribution in [0.15, 0.2) is 10.5 Å². The third-order valence-electron chi connectivity index (χ3n) is 5.15. The normalized spacial score (nSPS) is 18.2. The van der Waals surface area contributed by atoms with Crippen LogP contribution >= 0.6 is 0 Å². The first-order chi connectivity index (χ1) is 12.5. The van der Waals surface area contributed by atoms with Gasteiger partial charge in [-0.2, -0.15) is 0 Å². The van der Waals surface area contributed by atoms with Crippen molar-refractivity contribution in [1.82, 2.24) is 15.1 Å². The first-order valence-corrected chi connectivity index (χ1v) is 9.10. The monoisotopic (exact) mass is 363 g/mol. The number of nitrogens with zero attached hydrogens (tertiary/aromatic N) is 2. The van der Waals surface area contributed by atoms with Crippen molar-refractivity contribution in [1.29, 1.82) is 0 Å². The second kappa shape index (κ2) is 7.80. The third kappa shape index (κ3) is 4.00. The molecule has 0 saturated carbocycles. The van der Waals surface area contributed by atoms with Crippen molar-refractivity contribution in [2.45, 2.75) is 39.2 Å². The van der Waals surface area contributed by atoms with Crippen LogP contribution in [0.1, 0.15) is 47.6 Å². The van der Waals surface area contributed by atoms with Gasteiger partial charge >= 0.3 is 12.0 Å². The largest absolute Gasteiger partial charge is 0.478 e. The molecular weight excluding hydrogens is 338 g/mol. The molecule has 2 aliphatic rings. The van der Waals surface area contributed by atoms with Crippen LogP contribution in [0, 0.1) is 12.8 Å². The Kier molecular flexibility index (Phi) is 5.49. The number of amides is 3. The van der Waals surface area contributed by atoms with Crippen LogP contribution in [0.5, 0.6) is 0 Å². The minimum absolute atomic E-state index is 0.0794. The zero-order valence-corrected chi connectivity index (χ0v) is 15.0. The van der Waals surface area contributed by atoms with E-state index in [4.69, 9.17) is 9.52 Å². The summed E-state index contributed by atoms with van der Waals surface area (Å²) in [6, 6.07) is 1.53. The number of carboxylic acid groups (broad SMARTS) is 1. The predicted octanol–water partition coefficient (Wildman–Crippen LogP) is 1.83. The number of piperidine rings is 1. The highest BCUT2D eigenvalue weighted by molar-refractivity contribution is 5.88. The summed E-state index contributed by atoms with van der Waals surface area (Å²) in [4.78, 5) is 39.5. The first-order valence-electron chi connectivity index (χ1n) is 9.10. The molecule has 3 amide bonds. The van der Waals surface area contributed by atoms with Crippen LogP contribution in [-0.2, 0) is 11.3 Å². The fourth-order valence-electron chi connectivity index (χ4n) is 3.60. The van der Waals surface area contributed by atoms with Gasteiger partial charge in [-0.3, -0.25) is 4.79 Å². The molecule has 0 aromatic carbocycles. The fourth-order valence-corrected chi connectivity index (χ4v) is 3.60. The first kappa shape index (κ1) is 18.3. The molecular formula is C18H25N3O5. The smallest absolute Gasteiger partial charge is 0.339 e. The number of urea groups is 1. The van der Waals surface area contributed by atoms with Gasteiger partial charge < -0.3 is 24.6 Å². The molecule has 0 radical (unpaired) electrons. The molecule has 0 bridgehead atoms. The molecule has 3 heterocycles. The number of hydrogen-bond donors (Lipinski definition) is 2. The molecule has 1 aromatic heterocycles. The Bertz CT molecular complexity index is 685. The van der Waals surface area contributed by atoms with E-state index in [0.717, 1.165) is 25.9 Å². The number of furan rings is 1. The standard InChI is InChI=1S/C18H25N3O5/c1-12-15(17(23)24)10-14(26-12)11-19-16(22)13-4-8-21(9-5-13)18(25)20-6-2-3-7-20/h10,13H,2-9,11H2,1H3,(H,19,22)(H,23,24). The summed E-state index contributed by atoms with van der Waals surface area (Å²) in [5, 5.41) is 11.8. The molecule has 26 heavy (non-hydrogen) atoms. The average molecular weight is 363 g/mol. The molecule has 0 aliphatic carbocycles. The van der Waals surface area contributed by atoms with E-state index in [1.165, 1.54) is 6.07 Å². The SMILES string of the molecule is Cc1oc(CNC(=O)C2CCN(C(=O)N3CCCC3)CC2)cc1C(=O)O. The van der Waals surface area contributed by atoms with Crippen LogP contribution in [0.2, 0.25) is 0 Å². The van der Waals surface area contributed by atoms with Gasteiger partial charge in [0.2, 0.25) is 5.91 Å². The number of aryl methyl sites for hydroxylation is 1. The number of hydrogen-bond acceptors (Lipinski definition) is 4. The van der Waals surface area contributed by atoms with Crippen LogP contribution in [0.25, 0.3) is 0 Å². The molecule has 8 heteroatoms. The molecule has 1 aromatic rings. The quantitative estimate of drug-likeness (QED) is 0.849. The highest BCUT2D eigenvalue weighted by atomic mass is 16.4. The summed E-state index contributed by atoms with van der Waals surface area (Å²) in [6.45, 7) is 4.61. The molecule has 2 saturated heterocycles. The van der Waals surface area contributed by atoms with Gasteiger partial charge in [0.05, 0.1) is 6.54 Å². The minimum Gasteiger partial charge on any atom is -0.478 e. The third-order valence-corrected chi connectivity index (χ3v) is 5.15. The number of rotatable bonds is 4. The van der Waals surface area contributed by atoms with Gasteiger partial charge in [0.15, 0.2) is 0 Å². The van der Waals surface area contributed by atoms with Gasteiger partial charge in [0.1, 0.15) is 17.1 Å². The number of carbonyl (C=O) groups excluding carboxylic acids is 2. The van der Waals surface area contributed by atoms with E-state index < -0.39 is 5.97 Å². The lowest BCUT2D eigenvalue weighted by atomic mass is 9.96. The molecule has 2 fully saturated rings. The molecule has 0 unspecified atom stereocenters. The lowest BCUT2D eigenvalue weighted by molar-refractivity contribution is -0.126. The zero-order chi connectivity index (χ0) is 18.7. The number of nitrogens with one attached hydrogen (secondary N) is 1. The lowest BCUT2D eigenvalue weighted by Crippen LogP contribution is -2.47. The summed E-state index contributed by atoms with van der Waals surface area (Å²) in [5.74, 6) is -0.499.